The summed E-state index contributed by atoms with van der Waals surface area (Å²) in [6, 6.07) is 9.29. The normalized spacial score (nSPS) is 16.3. The summed E-state index contributed by atoms with van der Waals surface area (Å²) in [6.45, 7) is 1.20. The average molecular weight is 360 g/mol. The molecule has 0 spiro atoms. The van der Waals surface area contributed by atoms with Gasteiger partial charge in [-0.2, -0.15) is 0 Å². The van der Waals surface area contributed by atoms with Crippen molar-refractivity contribution >= 4 is 17.3 Å². The number of halogens is 1. The summed E-state index contributed by atoms with van der Waals surface area (Å²) >= 11 is 0. The molecule has 8 heteroatoms. The molecule has 1 aliphatic heterocycles. The minimum atomic E-state index is -0.750. The van der Waals surface area contributed by atoms with Gasteiger partial charge in [0.25, 0.3) is 11.6 Å². The number of non-ortho nitro benzene ring substituents is 1. The second kappa shape index (κ2) is 7.92. The zero-order valence-corrected chi connectivity index (χ0v) is 13.8. The largest absolute Gasteiger partial charge is 0.491 e. The number of amides is 1. The van der Waals surface area contributed by atoms with Crippen LogP contribution in [0, 0.1) is 15.9 Å². The molecule has 1 unspecified atom stereocenters. The molecule has 0 aliphatic carbocycles. The van der Waals surface area contributed by atoms with Crippen molar-refractivity contribution in [3.8, 4) is 5.75 Å². The van der Waals surface area contributed by atoms with Crippen LogP contribution in [0.2, 0.25) is 0 Å². The topological polar surface area (TPSA) is 90.7 Å². The van der Waals surface area contributed by atoms with Crippen LogP contribution in [0.15, 0.2) is 42.5 Å². The van der Waals surface area contributed by atoms with E-state index in [9.17, 15) is 19.3 Å². The lowest BCUT2D eigenvalue weighted by Gasteiger charge is -2.12. The molecule has 2 aromatic carbocycles. The summed E-state index contributed by atoms with van der Waals surface area (Å²) in [6.07, 6.45) is 2.09. The van der Waals surface area contributed by atoms with E-state index < -0.39 is 16.6 Å². The van der Waals surface area contributed by atoms with Crippen LogP contribution in [-0.4, -0.2) is 30.1 Å². The van der Waals surface area contributed by atoms with Crippen LogP contribution in [0.1, 0.15) is 23.2 Å². The van der Waals surface area contributed by atoms with Crippen LogP contribution in [-0.2, 0) is 4.74 Å². The predicted octanol–water partition coefficient (Wildman–Crippen LogP) is 3.54. The first-order valence-corrected chi connectivity index (χ1v) is 8.12. The number of anilines is 1. The fraction of sp³-hybridized carbons (Fsp3) is 0.278. The Labute approximate surface area is 148 Å². The monoisotopic (exact) mass is 360 g/mol. The van der Waals surface area contributed by atoms with Crippen molar-refractivity contribution in [2.24, 2.45) is 0 Å². The van der Waals surface area contributed by atoms with Crippen LogP contribution < -0.4 is 10.1 Å². The highest BCUT2D eigenvalue weighted by Gasteiger charge is 2.17. The molecule has 0 radical (unpaired) electrons. The fourth-order valence-electron chi connectivity index (χ4n) is 2.58. The standard InChI is InChI=1S/C18H17FN2O5/c19-16-8-5-13(21(23)24)10-17(16)20-18(22)12-3-6-14(7-4-12)26-11-15-2-1-9-25-15/h3-8,10,15H,1-2,9,11H2,(H,20,22). The highest BCUT2D eigenvalue weighted by Crippen LogP contribution is 2.22. The van der Waals surface area contributed by atoms with Crippen LogP contribution in [0.4, 0.5) is 15.8 Å². The third kappa shape index (κ3) is 4.34. The Morgan fingerprint density at radius 2 is 2.08 bits per heavy atom. The molecule has 2 aromatic rings. The minimum Gasteiger partial charge on any atom is -0.491 e. The van der Waals surface area contributed by atoms with Crippen LogP contribution in [0.25, 0.3) is 0 Å². The van der Waals surface area contributed by atoms with E-state index in [0.29, 0.717) is 12.4 Å². The molecule has 0 saturated carbocycles. The van der Waals surface area contributed by atoms with Crippen molar-refractivity contribution in [1.29, 1.82) is 0 Å². The van der Waals surface area contributed by atoms with Crippen molar-refractivity contribution in [2.75, 3.05) is 18.5 Å². The number of nitrogens with zero attached hydrogens (tertiary/aromatic N) is 1. The van der Waals surface area contributed by atoms with Gasteiger partial charge in [0.15, 0.2) is 0 Å². The van der Waals surface area contributed by atoms with Crippen LogP contribution >= 0.6 is 0 Å². The van der Waals surface area contributed by atoms with E-state index in [1.807, 2.05) is 0 Å². The van der Waals surface area contributed by atoms with Gasteiger partial charge in [0.2, 0.25) is 0 Å². The average Bonchev–Trinajstić information content (AvgIpc) is 3.15. The van der Waals surface area contributed by atoms with Gasteiger partial charge in [-0.15, -0.1) is 0 Å². The summed E-state index contributed by atoms with van der Waals surface area (Å²) in [4.78, 5) is 22.3. The molecular formula is C18H17FN2O5. The molecule has 1 aliphatic rings. The van der Waals surface area contributed by atoms with E-state index >= 15 is 0 Å². The number of rotatable bonds is 6. The minimum absolute atomic E-state index is 0.0924. The second-order valence-electron chi connectivity index (χ2n) is 5.85. The smallest absolute Gasteiger partial charge is 0.271 e. The molecule has 1 heterocycles. The number of benzene rings is 2. The number of hydrogen-bond acceptors (Lipinski definition) is 5. The van der Waals surface area contributed by atoms with E-state index in [4.69, 9.17) is 9.47 Å². The fourth-order valence-corrected chi connectivity index (χ4v) is 2.58. The Balaban J connectivity index is 1.62. The lowest BCUT2D eigenvalue weighted by molar-refractivity contribution is -0.384. The van der Waals surface area contributed by atoms with Crippen molar-refractivity contribution in [2.45, 2.75) is 18.9 Å². The Morgan fingerprint density at radius 1 is 1.31 bits per heavy atom. The highest BCUT2D eigenvalue weighted by atomic mass is 19.1. The lowest BCUT2D eigenvalue weighted by Crippen LogP contribution is -2.16. The molecule has 1 atom stereocenters. The number of nitro benzene ring substituents is 1. The van der Waals surface area contributed by atoms with E-state index in [-0.39, 0.29) is 23.0 Å². The Kier molecular flexibility index (Phi) is 5.43. The molecule has 136 valence electrons. The third-order valence-electron chi connectivity index (χ3n) is 3.99. The van der Waals surface area contributed by atoms with Crippen LogP contribution in [0.3, 0.4) is 0 Å². The van der Waals surface area contributed by atoms with Gasteiger partial charge >= 0.3 is 0 Å². The summed E-state index contributed by atoms with van der Waals surface area (Å²) in [7, 11) is 0. The number of carbonyl (C=O) groups excluding carboxylic acids is 1. The quantitative estimate of drug-likeness (QED) is 0.628. The molecule has 26 heavy (non-hydrogen) atoms. The van der Waals surface area contributed by atoms with Crippen molar-refractivity contribution in [3.05, 3.63) is 64.0 Å². The van der Waals surface area contributed by atoms with Gasteiger partial charge in [-0.05, 0) is 43.2 Å². The van der Waals surface area contributed by atoms with Crippen LogP contribution in [0.5, 0.6) is 5.75 Å². The number of nitro groups is 1. The highest BCUT2D eigenvalue weighted by molar-refractivity contribution is 6.04. The van der Waals surface area contributed by atoms with Gasteiger partial charge in [-0.3, -0.25) is 14.9 Å². The SMILES string of the molecule is O=C(Nc1cc([N+](=O)[O-])ccc1F)c1ccc(OCC2CCCO2)cc1. The van der Waals surface area contributed by atoms with Gasteiger partial charge in [-0.1, -0.05) is 0 Å². The van der Waals surface area contributed by atoms with Gasteiger partial charge in [0.1, 0.15) is 18.2 Å². The molecule has 1 amide bonds. The summed E-state index contributed by atoms with van der Waals surface area (Å²) in [5.74, 6) is -0.728. The number of hydrogen-bond donors (Lipinski definition) is 1. The molecule has 7 nitrogen and oxygen atoms in total. The van der Waals surface area contributed by atoms with E-state index in [2.05, 4.69) is 5.32 Å². The molecule has 1 N–H and O–H groups in total. The van der Waals surface area contributed by atoms with Gasteiger partial charge < -0.3 is 14.8 Å². The maximum atomic E-state index is 13.8. The summed E-state index contributed by atoms with van der Waals surface area (Å²) < 4.78 is 24.8. The Morgan fingerprint density at radius 3 is 2.73 bits per heavy atom. The second-order valence-corrected chi connectivity index (χ2v) is 5.85. The van der Waals surface area contributed by atoms with Gasteiger partial charge in [-0.25, -0.2) is 4.39 Å². The third-order valence-corrected chi connectivity index (χ3v) is 3.99. The van der Waals surface area contributed by atoms with Crippen molar-refractivity contribution < 1.29 is 23.6 Å². The molecule has 0 bridgehead atoms. The summed E-state index contributed by atoms with van der Waals surface area (Å²) in [5, 5.41) is 13.1. The first-order chi connectivity index (χ1) is 12.5. The molecule has 0 aromatic heterocycles. The van der Waals surface area contributed by atoms with E-state index in [0.717, 1.165) is 37.6 Å². The summed E-state index contributed by atoms with van der Waals surface area (Å²) in [5.41, 5.74) is -0.275. The van der Waals surface area contributed by atoms with Gasteiger partial charge in [0.05, 0.1) is 16.7 Å². The molecule has 3 rings (SSSR count). The lowest BCUT2D eigenvalue weighted by atomic mass is 10.2. The number of ether oxygens (including phenoxy) is 2. The maximum Gasteiger partial charge on any atom is 0.271 e. The molecule has 1 saturated heterocycles. The first kappa shape index (κ1) is 17.8. The molecule has 1 fully saturated rings. The van der Waals surface area contributed by atoms with E-state index in [1.165, 1.54) is 12.1 Å². The van der Waals surface area contributed by atoms with E-state index in [1.54, 1.807) is 12.1 Å². The van der Waals surface area contributed by atoms with Crippen molar-refractivity contribution in [1.82, 2.24) is 0 Å². The maximum absolute atomic E-state index is 13.8. The Bertz CT molecular complexity index is 804. The van der Waals surface area contributed by atoms with Crippen molar-refractivity contribution in [3.63, 3.8) is 0 Å². The Hall–Kier alpha value is -3.00. The predicted molar refractivity (Wildman–Crippen MR) is 91.9 cm³/mol. The zero-order valence-electron chi connectivity index (χ0n) is 13.8. The van der Waals surface area contributed by atoms with Gasteiger partial charge in [0, 0.05) is 24.3 Å². The molecular weight excluding hydrogens is 343 g/mol. The number of carbonyl (C=O) groups is 1. The zero-order chi connectivity index (χ0) is 18.5. The number of nitrogens with one attached hydrogen (secondary N) is 1. The first-order valence-electron chi connectivity index (χ1n) is 8.12.